The van der Waals surface area contributed by atoms with Crippen LogP contribution in [-0.4, -0.2) is 47.7 Å². The van der Waals surface area contributed by atoms with Crippen LogP contribution in [0.1, 0.15) is 58.8 Å². The first-order valence-corrected chi connectivity index (χ1v) is 10.0. The summed E-state index contributed by atoms with van der Waals surface area (Å²) >= 11 is 0. The maximum Gasteiger partial charge on any atom is 0.348 e. The van der Waals surface area contributed by atoms with Crippen molar-refractivity contribution in [3.05, 3.63) is 0 Å². The molecule has 5 heteroatoms. The minimum absolute atomic E-state index is 0.152. The zero-order valence-corrected chi connectivity index (χ0v) is 15.3. The van der Waals surface area contributed by atoms with E-state index in [-0.39, 0.29) is 23.5 Å². The predicted molar refractivity (Wildman–Crippen MR) is 90.6 cm³/mol. The number of nitrogens with zero attached hydrogens (tertiary/aromatic N) is 1. The highest BCUT2D eigenvalue weighted by Gasteiger charge is 2.58. The van der Waals surface area contributed by atoms with E-state index in [2.05, 4.69) is 4.90 Å². The number of hydrogen-bond donors (Lipinski definition) is 0. The molecule has 25 heavy (non-hydrogen) atoms. The number of likely N-dealkylation sites (tertiary alicyclic amines) is 1. The summed E-state index contributed by atoms with van der Waals surface area (Å²) in [5.41, 5.74) is -0.190. The van der Waals surface area contributed by atoms with Crippen LogP contribution >= 0.6 is 0 Å². The summed E-state index contributed by atoms with van der Waals surface area (Å²) in [4.78, 5) is 27.2. The minimum atomic E-state index is -0.751. The fraction of sp³-hybridized carbons (Fsp3) is 0.900. The van der Waals surface area contributed by atoms with Crippen LogP contribution in [0.2, 0.25) is 0 Å². The Morgan fingerprint density at radius 2 is 1.72 bits per heavy atom. The zero-order valence-electron chi connectivity index (χ0n) is 15.3. The van der Waals surface area contributed by atoms with Crippen molar-refractivity contribution in [3.8, 4) is 0 Å². The molecule has 0 unspecified atom stereocenters. The van der Waals surface area contributed by atoms with Crippen LogP contribution in [0.25, 0.3) is 0 Å². The Labute approximate surface area is 149 Å². The first kappa shape index (κ1) is 16.1. The predicted octanol–water partition coefficient (Wildman–Crippen LogP) is 2.52. The van der Waals surface area contributed by atoms with Crippen LogP contribution in [-0.2, 0) is 19.1 Å². The highest BCUT2D eigenvalue weighted by Crippen LogP contribution is 2.59. The molecule has 2 aliphatic heterocycles. The third kappa shape index (κ3) is 2.37. The van der Waals surface area contributed by atoms with Gasteiger partial charge in [-0.15, -0.1) is 0 Å². The van der Waals surface area contributed by atoms with E-state index in [9.17, 15) is 9.59 Å². The van der Waals surface area contributed by atoms with E-state index in [0.717, 1.165) is 30.7 Å². The first-order chi connectivity index (χ1) is 11.9. The van der Waals surface area contributed by atoms with Gasteiger partial charge in [-0.3, -0.25) is 9.69 Å². The van der Waals surface area contributed by atoms with Gasteiger partial charge in [0.05, 0.1) is 0 Å². The third-order valence-electron chi connectivity index (χ3n) is 7.65. The van der Waals surface area contributed by atoms with Crippen molar-refractivity contribution in [3.63, 3.8) is 0 Å². The molecule has 0 N–H and O–H groups in total. The molecule has 4 bridgehead atoms. The fourth-order valence-electron chi connectivity index (χ4n) is 6.75. The summed E-state index contributed by atoms with van der Waals surface area (Å²) in [6.07, 6.45) is 8.12. The van der Waals surface area contributed by atoms with Gasteiger partial charge in [-0.05, 0) is 62.7 Å². The molecule has 138 valence electrons. The van der Waals surface area contributed by atoms with E-state index in [0.29, 0.717) is 6.61 Å². The maximum atomic E-state index is 12.8. The summed E-state index contributed by atoms with van der Waals surface area (Å²) in [7, 11) is 0. The van der Waals surface area contributed by atoms with Gasteiger partial charge in [-0.2, -0.15) is 0 Å². The number of ether oxygens (including phenoxy) is 2. The number of esters is 2. The van der Waals surface area contributed by atoms with E-state index >= 15 is 0 Å². The Hall–Kier alpha value is -1.10. The Balaban J connectivity index is 1.31. The lowest BCUT2D eigenvalue weighted by Crippen LogP contribution is -2.69. The Kier molecular flexibility index (Phi) is 3.36. The number of rotatable bonds is 3. The average Bonchev–Trinajstić information content (AvgIpc) is 2.71. The van der Waals surface area contributed by atoms with Crippen molar-refractivity contribution < 1.29 is 19.1 Å². The molecule has 0 aromatic rings. The highest BCUT2D eigenvalue weighted by molar-refractivity contribution is 5.84. The van der Waals surface area contributed by atoms with Crippen LogP contribution in [0.15, 0.2) is 0 Å². The van der Waals surface area contributed by atoms with Crippen molar-refractivity contribution in [2.75, 3.05) is 13.2 Å². The first-order valence-electron chi connectivity index (χ1n) is 10.0. The van der Waals surface area contributed by atoms with Crippen molar-refractivity contribution in [1.29, 1.82) is 0 Å². The van der Waals surface area contributed by atoms with Gasteiger partial charge in [0.15, 0.2) is 0 Å². The molecule has 0 amide bonds. The van der Waals surface area contributed by atoms with Gasteiger partial charge in [-0.1, -0.05) is 13.8 Å². The second-order valence-electron chi connectivity index (χ2n) is 10.1. The molecule has 0 radical (unpaired) electrons. The van der Waals surface area contributed by atoms with Gasteiger partial charge < -0.3 is 9.47 Å². The van der Waals surface area contributed by atoms with Crippen molar-refractivity contribution >= 4 is 11.9 Å². The number of cyclic esters (lactones) is 1. The molecule has 2 heterocycles. The molecule has 4 aliphatic carbocycles. The summed E-state index contributed by atoms with van der Waals surface area (Å²) in [6.45, 7) is 5.18. The minimum Gasteiger partial charge on any atom is -0.462 e. The zero-order chi connectivity index (χ0) is 17.4. The lowest BCUT2D eigenvalue weighted by molar-refractivity contribution is -0.185. The van der Waals surface area contributed by atoms with E-state index in [1.54, 1.807) is 0 Å². The van der Waals surface area contributed by atoms with E-state index in [1.165, 1.54) is 38.5 Å². The summed E-state index contributed by atoms with van der Waals surface area (Å²) < 4.78 is 10.8. The van der Waals surface area contributed by atoms with Crippen LogP contribution in [0.4, 0.5) is 0 Å². The van der Waals surface area contributed by atoms with Crippen molar-refractivity contribution in [2.24, 2.45) is 23.2 Å². The molecule has 5 nitrogen and oxygen atoms in total. The second-order valence-corrected chi connectivity index (χ2v) is 10.1. The lowest BCUT2D eigenvalue weighted by atomic mass is 9.52. The molecule has 0 aromatic heterocycles. The number of hydrogen-bond acceptors (Lipinski definition) is 5. The SMILES string of the molecule is CC1(C)COC(=O)[C@H]1OC(=O)[C@@H]1CCN1C12CC3CC(CC(C3)C1)C2. The van der Waals surface area contributed by atoms with Crippen molar-refractivity contribution in [1.82, 2.24) is 4.90 Å². The van der Waals surface area contributed by atoms with Gasteiger partial charge in [0.25, 0.3) is 0 Å². The van der Waals surface area contributed by atoms with Crippen LogP contribution in [0.3, 0.4) is 0 Å². The maximum absolute atomic E-state index is 12.8. The van der Waals surface area contributed by atoms with Crippen molar-refractivity contribution in [2.45, 2.75) is 76.5 Å². The number of carbonyl (C=O) groups is 2. The van der Waals surface area contributed by atoms with E-state index in [1.807, 2.05) is 13.8 Å². The molecule has 2 saturated heterocycles. The molecule has 0 aromatic carbocycles. The smallest absolute Gasteiger partial charge is 0.348 e. The van der Waals surface area contributed by atoms with E-state index < -0.39 is 11.5 Å². The summed E-state index contributed by atoms with van der Waals surface area (Å²) in [5.74, 6) is 2.00. The Morgan fingerprint density at radius 1 is 1.12 bits per heavy atom. The average molecular weight is 347 g/mol. The normalized spacial score (nSPS) is 47.4. The molecular formula is C20H29NO4. The fourth-order valence-corrected chi connectivity index (χ4v) is 6.75. The largest absolute Gasteiger partial charge is 0.462 e. The Bertz CT molecular complexity index is 578. The van der Waals surface area contributed by atoms with E-state index in [4.69, 9.17) is 9.47 Å². The molecule has 0 spiro atoms. The molecule has 4 saturated carbocycles. The van der Waals surface area contributed by atoms with Crippen LogP contribution < -0.4 is 0 Å². The topological polar surface area (TPSA) is 55.8 Å². The van der Waals surface area contributed by atoms with Gasteiger partial charge in [0, 0.05) is 17.5 Å². The summed E-state index contributed by atoms with van der Waals surface area (Å²) in [6, 6.07) is -0.152. The lowest BCUT2D eigenvalue weighted by Gasteiger charge is -2.64. The van der Waals surface area contributed by atoms with Gasteiger partial charge in [0.1, 0.15) is 12.6 Å². The van der Waals surface area contributed by atoms with Crippen LogP contribution in [0, 0.1) is 23.2 Å². The molecule has 2 atom stereocenters. The monoisotopic (exact) mass is 347 g/mol. The third-order valence-corrected chi connectivity index (χ3v) is 7.65. The highest BCUT2D eigenvalue weighted by atomic mass is 16.6. The molecule has 6 aliphatic rings. The quantitative estimate of drug-likeness (QED) is 0.734. The second kappa shape index (κ2) is 5.21. The summed E-state index contributed by atoms with van der Waals surface area (Å²) in [5, 5.41) is 0. The molecule has 6 rings (SSSR count). The molecular weight excluding hydrogens is 318 g/mol. The standard InChI is InChI=1S/C20H29NO4/c1-19(2)11-24-18(23)16(19)25-17(22)15-3-4-21(15)20-8-12-5-13(9-20)7-14(6-12)10-20/h12-16H,3-11H2,1-2H3/t12?,13?,14?,15-,16+,20?/m0/s1. The Morgan fingerprint density at radius 3 is 2.16 bits per heavy atom. The van der Waals surface area contributed by atoms with Gasteiger partial charge >= 0.3 is 11.9 Å². The van der Waals surface area contributed by atoms with Gasteiger partial charge in [0.2, 0.25) is 6.10 Å². The number of carbonyl (C=O) groups excluding carboxylic acids is 2. The molecule has 6 fully saturated rings. The van der Waals surface area contributed by atoms with Crippen LogP contribution in [0.5, 0.6) is 0 Å². The van der Waals surface area contributed by atoms with Gasteiger partial charge in [-0.25, -0.2) is 4.79 Å².